The van der Waals surface area contributed by atoms with Gasteiger partial charge in [-0.1, -0.05) is 370 Å². The second kappa shape index (κ2) is 29.5. The van der Waals surface area contributed by atoms with Gasteiger partial charge in [0.25, 0.3) is 0 Å². The summed E-state index contributed by atoms with van der Waals surface area (Å²) in [4.78, 5) is 34.9. The maximum Gasteiger partial charge on any atom is 0.171 e. The monoisotopic (exact) mass is 1470 g/mol. The maximum atomic E-state index is 14.8. The van der Waals surface area contributed by atoms with E-state index in [9.17, 15) is 4.57 Å². The summed E-state index contributed by atoms with van der Waals surface area (Å²) in [6, 6.07) is 139. The van der Waals surface area contributed by atoms with Crippen LogP contribution in [0.2, 0.25) is 0 Å². The van der Waals surface area contributed by atoms with E-state index < -0.39 is 7.14 Å². The first kappa shape index (κ1) is 68.5. The number of aromatic nitrogens is 7. The Morgan fingerprint density at radius 3 is 0.982 bits per heavy atom. The maximum absolute atomic E-state index is 14.8. The summed E-state index contributed by atoms with van der Waals surface area (Å²) in [7, 11) is -3.03. The minimum atomic E-state index is -3.03. The molecule has 0 bridgehead atoms. The van der Waals surface area contributed by atoms with Crippen LogP contribution in [0.3, 0.4) is 0 Å². The largest absolute Gasteiger partial charge is 0.309 e. The lowest BCUT2D eigenvalue weighted by Gasteiger charge is -2.20. The van der Waals surface area contributed by atoms with Crippen molar-refractivity contribution in [2.75, 3.05) is 0 Å². The highest BCUT2D eigenvalue weighted by Crippen LogP contribution is 2.45. The van der Waals surface area contributed by atoms with E-state index in [1.807, 2.05) is 158 Å². The predicted molar refractivity (Wildman–Crippen MR) is 476 cm³/mol. The molecule has 0 atom stereocenters. The highest BCUT2D eigenvalue weighted by molar-refractivity contribution is 7.85. The second-order valence-corrected chi connectivity index (χ2v) is 31.2. The van der Waals surface area contributed by atoms with Gasteiger partial charge in [-0.05, 0) is 74.3 Å². The number of para-hydroxylation sites is 4. The molecule has 0 N–H and O–H groups in total. The average Bonchev–Trinajstić information content (AvgIpc) is 0.748. The van der Waals surface area contributed by atoms with E-state index in [1.165, 1.54) is 59.2 Å². The Morgan fingerprint density at radius 2 is 0.526 bits per heavy atom. The molecular formula is C105H68N7OP. The van der Waals surface area contributed by atoms with Crippen molar-refractivity contribution in [2.45, 2.75) is 0 Å². The van der Waals surface area contributed by atoms with Crippen molar-refractivity contribution in [3.8, 4) is 79.1 Å². The van der Waals surface area contributed by atoms with Crippen molar-refractivity contribution in [1.82, 2.24) is 34.9 Å². The van der Waals surface area contributed by atoms with Crippen molar-refractivity contribution in [1.29, 1.82) is 0 Å². The molecule has 22 rings (SSSR count). The molecule has 114 heavy (non-hydrogen) atoms. The van der Waals surface area contributed by atoms with E-state index in [-0.39, 0.29) is 0 Å². The lowest BCUT2D eigenvalue weighted by molar-refractivity contribution is 0.592. The Labute approximate surface area is 658 Å². The molecule has 5 heterocycles. The summed E-state index contributed by atoms with van der Waals surface area (Å²) < 4.78 is 14.8. The minimum Gasteiger partial charge on any atom is -0.309 e. The van der Waals surface area contributed by atoms with E-state index in [2.05, 4.69) is 260 Å². The zero-order valence-corrected chi connectivity index (χ0v) is 62.6. The van der Waals surface area contributed by atoms with E-state index in [0.717, 1.165) is 127 Å². The topological polar surface area (TPSA) is 107 Å². The van der Waals surface area contributed by atoms with Gasteiger partial charge in [-0.15, -0.1) is 0 Å². The summed E-state index contributed by atoms with van der Waals surface area (Å²) in [5, 5.41) is 21.6. The SMILES string of the molecule is O=P(c1ccccc1)(c1ccccc1)c1ccc(-c2nc3ccccc3c3c2ccc2ccccc23)cc1.c1cc(-c2nc3ccccc3c3c2ccc2ccccc23)cc(-c2cccc3cccnc23)c1.c1ccc(-c2nc(-c3ccccc3)nc(-c3cccc(-c4nc5ccccc5c5c4ccc4ccccc45)c3)n2)cc1. The van der Waals surface area contributed by atoms with E-state index >= 15 is 0 Å². The van der Waals surface area contributed by atoms with Crippen LogP contribution in [0.25, 0.3) is 187 Å². The Morgan fingerprint density at radius 1 is 0.202 bits per heavy atom. The van der Waals surface area contributed by atoms with Gasteiger partial charge in [-0.25, -0.2) is 29.9 Å². The number of hydrogen-bond donors (Lipinski definition) is 0. The molecule has 9 heteroatoms. The van der Waals surface area contributed by atoms with Crippen LogP contribution in [0.4, 0.5) is 0 Å². The van der Waals surface area contributed by atoms with Crippen molar-refractivity contribution in [2.24, 2.45) is 0 Å². The predicted octanol–water partition coefficient (Wildman–Crippen LogP) is 25.7. The van der Waals surface area contributed by atoms with Gasteiger partial charge in [0, 0.05) is 115 Å². The summed E-state index contributed by atoms with van der Waals surface area (Å²) in [5.41, 5.74) is 15.1. The molecule has 0 aliphatic heterocycles. The summed E-state index contributed by atoms with van der Waals surface area (Å²) in [5.74, 6) is 1.91. The summed E-state index contributed by atoms with van der Waals surface area (Å²) in [6.45, 7) is 0. The normalized spacial score (nSPS) is 11.5. The molecule has 0 fully saturated rings. The fraction of sp³-hybridized carbons (Fsp3) is 0. The molecule has 0 aliphatic carbocycles. The molecular weight excluding hydrogens is 1410 g/mol. The van der Waals surface area contributed by atoms with Gasteiger partial charge in [0.05, 0.1) is 39.1 Å². The van der Waals surface area contributed by atoms with Gasteiger partial charge in [0.1, 0.15) is 0 Å². The third-order valence-electron chi connectivity index (χ3n) is 21.7. The molecule has 22 aromatic rings. The number of hydrogen-bond acceptors (Lipinski definition) is 8. The molecule has 0 radical (unpaired) electrons. The zero-order valence-electron chi connectivity index (χ0n) is 61.7. The van der Waals surface area contributed by atoms with Gasteiger partial charge in [-0.2, -0.15) is 0 Å². The third kappa shape index (κ3) is 12.6. The second-order valence-electron chi connectivity index (χ2n) is 28.5. The van der Waals surface area contributed by atoms with Crippen LogP contribution in [0.15, 0.2) is 413 Å². The van der Waals surface area contributed by atoms with Crippen LogP contribution >= 0.6 is 7.14 Å². The standard InChI is InChI=1S/C38H24N4.C35H24NOP.C32H20N2/c1-3-13-26(14-4-1)36-40-37(27-15-5-2-6-16-27)42-38(41-36)29-18-11-17-28(24-29)35-32-23-22-25-12-7-8-19-30(25)34(32)31-20-9-10-21-33(31)39-35;37-38(27-12-3-1-4-13-27,28-14-5-2-6-15-28)29-22-19-26(20-23-29)35-32-24-21-25-11-7-8-16-30(25)34(32)31-17-9-10-18-33(31)36-35;1-2-13-25-21(8-1)17-18-28-30(25)27-14-3-4-16-29(27)34-32(28)24-11-5-10-23(20-24)26-15-6-9-22-12-7-19-33-31(22)26/h1-24H;1-24H;1-20H. The Hall–Kier alpha value is -14.8. The van der Waals surface area contributed by atoms with Crippen molar-refractivity contribution in [3.05, 3.63) is 413 Å². The van der Waals surface area contributed by atoms with Gasteiger partial charge >= 0.3 is 0 Å². The van der Waals surface area contributed by atoms with Crippen molar-refractivity contribution < 1.29 is 4.57 Å². The zero-order chi connectivity index (χ0) is 75.9. The molecule has 0 amide bonds. The third-order valence-corrected chi connectivity index (χ3v) is 24.8. The molecule has 0 saturated carbocycles. The first-order valence-corrected chi connectivity index (χ1v) is 40.0. The molecule has 17 aromatic carbocycles. The van der Waals surface area contributed by atoms with Gasteiger partial charge in [0.2, 0.25) is 0 Å². The number of fused-ring (bicyclic) bond motifs is 16. The quantitative estimate of drug-likeness (QED) is 0.0984. The van der Waals surface area contributed by atoms with Crippen LogP contribution in [0.5, 0.6) is 0 Å². The van der Waals surface area contributed by atoms with Gasteiger partial charge in [-0.3, -0.25) is 4.98 Å². The first-order chi connectivity index (χ1) is 56.4. The minimum absolute atomic E-state index is 0.625. The molecule has 0 aliphatic rings. The van der Waals surface area contributed by atoms with Crippen LogP contribution in [-0.2, 0) is 4.57 Å². The smallest absolute Gasteiger partial charge is 0.171 e. The highest BCUT2D eigenvalue weighted by Gasteiger charge is 2.30. The Balaban J connectivity index is 0.000000111. The van der Waals surface area contributed by atoms with Crippen LogP contribution in [-0.4, -0.2) is 34.9 Å². The molecule has 8 nitrogen and oxygen atoms in total. The van der Waals surface area contributed by atoms with Crippen molar-refractivity contribution >= 4 is 131 Å². The number of nitrogens with zero attached hydrogens (tertiary/aromatic N) is 7. The number of benzene rings is 17. The fourth-order valence-electron chi connectivity index (χ4n) is 16.3. The fourth-order valence-corrected chi connectivity index (χ4v) is 18.9. The van der Waals surface area contributed by atoms with Crippen molar-refractivity contribution in [3.63, 3.8) is 0 Å². The van der Waals surface area contributed by atoms with Crippen LogP contribution in [0.1, 0.15) is 0 Å². The first-order valence-electron chi connectivity index (χ1n) is 38.3. The van der Waals surface area contributed by atoms with Crippen LogP contribution < -0.4 is 15.9 Å². The number of pyridine rings is 4. The van der Waals surface area contributed by atoms with E-state index in [4.69, 9.17) is 29.9 Å². The summed E-state index contributed by atoms with van der Waals surface area (Å²) in [6.07, 6.45) is 1.86. The van der Waals surface area contributed by atoms with Gasteiger partial charge in [0.15, 0.2) is 24.6 Å². The lowest BCUT2D eigenvalue weighted by atomic mass is 9.94. The highest BCUT2D eigenvalue weighted by atomic mass is 31.2. The molecule has 0 unspecified atom stereocenters. The van der Waals surface area contributed by atoms with Gasteiger partial charge < -0.3 is 4.57 Å². The average molecular weight is 1470 g/mol. The van der Waals surface area contributed by atoms with Crippen LogP contribution in [0, 0.1) is 0 Å². The molecule has 0 saturated heterocycles. The Bertz CT molecular complexity index is 7360. The molecule has 5 aromatic heterocycles. The van der Waals surface area contributed by atoms with E-state index in [1.54, 1.807) is 0 Å². The molecule has 0 spiro atoms. The Kier molecular flexibility index (Phi) is 17.7. The number of rotatable bonds is 10. The molecule has 534 valence electrons. The lowest BCUT2D eigenvalue weighted by Crippen LogP contribution is -2.24. The summed E-state index contributed by atoms with van der Waals surface area (Å²) >= 11 is 0. The van der Waals surface area contributed by atoms with E-state index in [0.29, 0.717) is 17.5 Å².